The highest BCUT2D eigenvalue weighted by molar-refractivity contribution is 7.84. The van der Waals surface area contributed by atoms with E-state index < -0.39 is 22.2 Å². The van der Waals surface area contributed by atoms with Crippen LogP contribution >= 0.6 is 11.3 Å². The van der Waals surface area contributed by atoms with Crippen molar-refractivity contribution in [2.45, 2.75) is 30.6 Å². The highest BCUT2D eigenvalue weighted by Crippen LogP contribution is 2.64. The Morgan fingerprint density at radius 3 is 2.74 bits per heavy atom. The third-order valence-electron chi connectivity index (χ3n) is 7.77. The van der Waals surface area contributed by atoms with Crippen molar-refractivity contribution < 1.29 is 23.4 Å². The second-order valence-corrected chi connectivity index (χ2v) is 12.6. The number of thiazole rings is 1. The van der Waals surface area contributed by atoms with Gasteiger partial charge in [0.1, 0.15) is 0 Å². The van der Waals surface area contributed by atoms with E-state index in [1.165, 1.54) is 22.3 Å². The highest BCUT2D eigenvalue weighted by Gasteiger charge is 2.62. The minimum atomic E-state index is -3.41. The van der Waals surface area contributed by atoms with Gasteiger partial charge in [-0.25, -0.2) is 9.71 Å². The zero-order valence-corrected chi connectivity index (χ0v) is 20.0. The summed E-state index contributed by atoms with van der Waals surface area (Å²) >= 11 is 1.43. The Morgan fingerprint density at radius 1 is 1.24 bits per heavy atom. The lowest BCUT2D eigenvalue weighted by Gasteiger charge is -2.46. The molecule has 0 radical (unpaired) electrons. The van der Waals surface area contributed by atoms with Crippen molar-refractivity contribution in [3.8, 4) is 0 Å². The molecule has 0 amide bonds. The second-order valence-electron chi connectivity index (χ2n) is 9.67. The Labute approximate surface area is 200 Å². The molecule has 6 rings (SSSR count). The smallest absolute Gasteiger partial charge is 0.295 e. The van der Waals surface area contributed by atoms with Gasteiger partial charge in [-0.1, -0.05) is 17.4 Å². The fourth-order valence-electron chi connectivity index (χ4n) is 6.61. The number of anilines is 2. The maximum atomic E-state index is 12.0. The molecule has 11 heteroatoms. The van der Waals surface area contributed by atoms with Gasteiger partial charge in [-0.2, -0.15) is 8.42 Å². The number of primary sulfonamides is 1. The van der Waals surface area contributed by atoms with Gasteiger partial charge in [0.15, 0.2) is 10.8 Å². The van der Waals surface area contributed by atoms with Crippen LogP contribution < -0.4 is 15.8 Å². The summed E-state index contributed by atoms with van der Waals surface area (Å²) in [6.07, 6.45) is 1.37. The van der Waals surface area contributed by atoms with Crippen molar-refractivity contribution in [1.82, 2.24) is 4.98 Å². The Bertz CT molecular complexity index is 1440. The summed E-state index contributed by atoms with van der Waals surface area (Å²) in [5.74, 6) is -0.412. The number of aliphatic hydroxyl groups is 2. The molecule has 2 aliphatic carbocycles. The molecular weight excluding hydrogens is 474 g/mol. The molecule has 3 aliphatic rings. The molecule has 5 unspecified atom stereocenters. The van der Waals surface area contributed by atoms with E-state index in [1.54, 1.807) is 6.07 Å². The molecule has 0 spiro atoms. The SMILES string of the molecule is CS(=O)(=O)[NH2+]c1ccc2c(c1C=N)C1C3CC(C(O)C3O)[C@H]1[C@H](c1ccc3nc(N)sc3c1)N2. The third kappa shape index (κ3) is 3.18. The van der Waals surface area contributed by atoms with Crippen LogP contribution in [-0.4, -0.2) is 48.3 Å². The first-order chi connectivity index (χ1) is 16.2. The van der Waals surface area contributed by atoms with Crippen LogP contribution in [0.3, 0.4) is 0 Å². The summed E-state index contributed by atoms with van der Waals surface area (Å²) in [7, 11) is -3.41. The molecule has 1 aliphatic heterocycles. The average molecular weight is 501 g/mol. The van der Waals surface area contributed by atoms with E-state index in [0.717, 1.165) is 33.3 Å². The standard InChI is InChI=1S/C23H25N5O4S2/c1-34(31,32)28-13-4-5-15-17(12(13)8-24)18-10-7-11(22(30)21(10)29)19(18)20(26-15)9-2-3-14-16(6-9)33-23(25)27-14/h2-6,8,10-11,18-22,24,26,28-30H,7H2,1H3,(H2,25,27)/p+1/t10?,11?,18?,19-,20+,21?,22?/m1/s1. The lowest BCUT2D eigenvalue weighted by atomic mass is 9.65. The Kier molecular flexibility index (Phi) is 4.81. The molecule has 2 bridgehead atoms. The van der Waals surface area contributed by atoms with Crippen LogP contribution in [-0.2, 0) is 10.0 Å². The molecule has 2 fully saturated rings. The minimum Gasteiger partial charge on any atom is -0.390 e. The van der Waals surface area contributed by atoms with Gasteiger partial charge in [-0.15, -0.1) is 0 Å². The second kappa shape index (κ2) is 7.46. The number of benzene rings is 2. The van der Waals surface area contributed by atoms with Crippen LogP contribution in [0.25, 0.3) is 10.2 Å². The van der Waals surface area contributed by atoms with Crippen LogP contribution in [0.4, 0.5) is 16.5 Å². The van der Waals surface area contributed by atoms with Crippen LogP contribution in [0.5, 0.6) is 0 Å². The molecular formula is C23H26N5O4S2+. The number of nitrogens with zero attached hydrogens (tertiary/aromatic N) is 1. The summed E-state index contributed by atoms with van der Waals surface area (Å²) in [4.78, 5) is 4.35. The van der Waals surface area contributed by atoms with Gasteiger partial charge >= 0.3 is 0 Å². The van der Waals surface area contributed by atoms with E-state index in [9.17, 15) is 18.6 Å². The monoisotopic (exact) mass is 500 g/mol. The zero-order valence-electron chi connectivity index (χ0n) is 18.3. The van der Waals surface area contributed by atoms with Crippen molar-refractivity contribution in [2.75, 3.05) is 17.3 Å². The van der Waals surface area contributed by atoms with E-state index >= 15 is 0 Å². The van der Waals surface area contributed by atoms with Crippen molar-refractivity contribution >= 4 is 54.3 Å². The molecule has 0 saturated heterocycles. The Hall–Kier alpha value is -2.57. The summed E-state index contributed by atoms with van der Waals surface area (Å²) in [6, 6.07) is 9.53. The number of hydrogen-bond donors (Lipinski definition) is 6. The quantitative estimate of drug-likeness (QED) is 0.232. The van der Waals surface area contributed by atoms with Gasteiger partial charge in [-0.3, -0.25) is 0 Å². The topological polar surface area (TPSA) is 166 Å². The van der Waals surface area contributed by atoms with Crippen molar-refractivity contribution in [3.05, 3.63) is 47.0 Å². The minimum absolute atomic E-state index is 0.0224. The van der Waals surface area contributed by atoms with E-state index in [1.807, 2.05) is 18.2 Å². The van der Waals surface area contributed by atoms with Gasteiger partial charge in [0, 0.05) is 18.0 Å². The summed E-state index contributed by atoms with van der Waals surface area (Å²) in [6.45, 7) is 0. The largest absolute Gasteiger partial charge is 0.390 e. The zero-order chi connectivity index (χ0) is 23.9. The van der Waals surface area contributed by atoms with Crippen LogP contribution in [0.15, 0.2) is 30.3 Å². The van der Waals surface area contributed by atoms with E-state index in [4.69, 9.17) is 11.1 Å². The fraction of sp³-hybridized carbons (Fsp3) is 0.391. The first-order valence-electron chi connectivity index (χ1n) is 11.2. The summed E-state index contributed by atoms with van der Waals surface area (Å²) < 4.78 is 26.2. The Balaban J connectivity index is 1.53. The number of sulfonamides is 1. The van der Waals surface area contributed by atoms with Gasteiger partial charge in [-0.05, 0) is 59.4 Å². The molecule has 34 heavy (non-hydrogen) atoms. The number of fused-ring (bicyclic) bond motifs is 8. The number of nitrogens with two attached hydrogens (primary N) is 2. The predicted molar refractivity (Wildman–Crippen MR) is 131 cm³/mol. The average Bonchev–Trinajstić information content (AvgIpc) is 3.43. The van der Waals surface area contributed by atoms with E-state index in [-0.39, 0.29) is 29.7 Å². The molecule has 2 aromatic carbocycles. The molecule has 9 nitrogen and oxygen atoms in total. The maximum absolute atomic E-state index is 12.0. The first kappa shape index (κ1) is 21.9. The number of nitrogen functional groups attached to an aromatic ring is 1. The van der Waals surface area contributed by atoms with Crippen molar-refractivity contribution in [3.63, 3.8) is 0 Å². The molecule has 3 aromatic rings. The summed E-state index contributed by atoms with van der Waals surface area (Å²) in [5, 5.41) is 33.9. The molecule has 2 heterocycles. The van der Waals surface area contributed by atoms with Gasteiger partial charge in [0.2, 0.25) is 0 Å². The highest BCUT2D eigenvalue weighted by atomic mass is 32.2. The predicted octanol–water partition coefficient (Wildman–Crippen LogP) is 1.27. The first-order valence-corrected chi connectivity index (χ1v) is 13.9. The molecule has 8 N–H and O–H groups in total. The van der Waals surface area contributed by atoms with Crippen LogP contribution in [0.1, 0.15) is 35.1 Å². The number of rotatable bonds is 4. The van der Waals surface area contributed by atoms with Crippen LogP contribution in [0.2, 0.25) is 0 Å². The third-order valence-corrected chi connectivity index (χ3v) is 9.30. The normalized spacial score (nSPS) is 31.8. The lowest BCUT2D eigenvalue weighted by Crippen LogP contribution is -2.81. The van der Waals surface area contributed by atoms with E-state index in [0.29, 0.717) is 22.8 Å². The Morgan fingerprint density at radius 2 is 2.00 bits per heavy atom. The number of hydrogen-bond acceptors (Lipinski definition) is 9. The molecule has 1 aromatic heterocycles. The van der Waals surface area contributed by atoms with Gasteiger partial charge in [0.05, 0.1) is 40.3 Å². The molecule has 2 saturated carbocycles. The molecule has 7 atom stereocenters. The lowest BCUT2D eigenvalue weighted by molar-refractivity contribution is -0.396. The van der Waals surface area contributed by atoms with Gasteiger partial charge in [0.25, 0.3) is 10.0 Å². The van der Waals surface area contributed by atoms with Crippen molar-refractivity contribution in [1.29, 1.82) is 5.41 Å². The van der Waals surface area contributed by atoms with E-state index in [2.05, 4.69) is 16.4 Å². The number of aromatic nitrogens is 1. The summed E-state index contributed by atoms with van der Waals surface area (Å²) in [5.41, 5.74) is 10.5. The van der Waals surface area contributed by atoms with Gasteiger partial charge < -0.3 is 26.7 Å². The van der Waals surface area contributed by atoms with Crippen LogP contribution in [0, 0.1) is 23.2 Å². The van der Waals surface area contributed by atoms with Crippen molar-refractivity contribution in [2.24, 2.45) is 17.8 Å². The maximum Gasteiger partial charge on any atom is 0.295 e. The number of quaternary nitrogens is 1. The fourth-order valence-corrected chi connectivity index (χ4v) is 8.06. The molecule has 178 valence electrons. The number of aliphatic hydroxyl groups excluding tert-OH is 2. The number of nitrogens with one attached hydrogen (secondary N) is 2.